The number of rotatable bonds is 2. The van der Waals surface area contributed by atoms with Gasteiger partial charge in [-0.25, -0.2) is 0 Å². The van der Waals surface area contributed by atoms with Crippen molar-refractivity contribution in [2.75, 3.05) is 13.7 Å². The Balaban J connectivity index is 2.44. The van der Waals surface area contributed by atoms with E-state index in [1.807, 2.05) is 18.2 Å². The minimum Gasteiger partial charge on any atom is -0.493 e. The summed E-state index contributed by atoms with van der Waals surface area (Å²) in [6, 6.07) is 6.03. The Morgan fingerprint density at radius 3 is 3.13 bits per heavy atom. The highest BCUT2D eigenvalue weighted by Crippen LogP contribution is 2.38. The van der Waals surface area contributed by atoms with Crippen LogP contribution in [0.4, 0.5) is 0 Å². The molecule has 82 valence electrons. The van der Waals surface area contributed by atoms with Crippen LogP contribution < -0.4 is 20.7 Å². The standard InChI is InChI=1S/C11H16N2O2/c1-14-10-6-2-4-8-9(13-12)5-3-7-15-11(8)10/h2,4,6,9,13H,3,5,7,12H2,1H3. The second-order valence-corrected chi connectivity index (χ2v) is 3.59. The maximum Gasteiger partial charge on any atom is 0.165 e. The maximum absolute atomic E-state index is 5.68. The van der Waals surface area contributed by atoms with Gasteiger partial charge in [0.1, 0.15) is 0 Å². The molecule has 1 unspecified atom stereocenters. The lowest BCUT2D eigenvalue weighted by atomic mass is 10.0. The van der Waals surface area contributed by atoms with Gasteiger partial charge in [-0.05, 0) is 18.9 Å². The predicted molar refractivity (Wildman–Crippen MR) is 57.8 cm³/mol. The Hall–Kier alpha value is -1.26. The first-order chi connectivity index (χ1) is 7.36. The number of methoxy groups -OCH3 is 1. The van der Waals surface area contributed by atoms with Crippen LogP contribution in [0.5, 0.6) is 11.5 Å². The highest BCUT2D eigenvalue weighted by atomic mass is 16.5. The van der Waals surface area contributed by atoms with E-state index in [0.717, 1.165) is 29.9 Å². The summed E-state index contributed by atoms with van der Waals surface area (Å²) in [7, 11) is 1.65. The van der Waals surface area contributed by atoms with E-state index < -0.39 is 0 Å². The molecule has 0 radical (unpaired) electrons. The second-order valence-electron chi connectivity index (χ2n) is 3.59. The van der Waals surface area contributed by atoms with Gasteiger partial charge in [-0.3, -0.25) is 11.3 Å². The Labute approximate surface area is 89.3 Å². The molecule has 2 rings (SSSR count). The molecule has 1 aliphatic heterocycles. The third-order valence-electron chi connectivity index (χ3n) is 2.69. The summed E-state index contributed by atoms with van der Waals surface area (Å²) in [5.74, 6) is 7.13. The predicted octanol–water partition coefficient (Wildman–Crippen LogP) is 1.37. The van der Waals surface area contributed by atoms with E-state index in [9.17, 15) is 0 Å². The average Bonchev–Trinajstić information content (AvgIpc) is 2.50. The fourth-order valence-electron chi connectivity index (χ4n) is 1.91. The molecule has 4 nitrogen and oxygen atoms in total. The lowest BCUT2D eigenvalue weighted by Crippen LogP contribution is -2.27. The van der Waals surface area contributed by atoms with Gasteiger partial charge in [0.15, 0.2) is 11.5 Å². The molecule has 1 heterocycles. The first-order valence-electron chi connectivity index (χ1n) is 5.12. The number of benzene rings is 1. The van der Waals surface area contributed by atoms with Crippen molar-refractivity contribution in [2.24, 2.45) is 5.84 Å². The van der Waals surface area contributed by atoms with Gasteiger partial charge in [-0.15, -0.1) is 0 Å². The van der Waals surface area contributed by atoms with Crippen LogP contribution in [0.2, 0.25) is 0 Å². The van der Waals surface area contributed by atoms with E-state index in [4.69, 9.17) is 15.3 Å². The van der Waals surface area contributed by atoms with E-state index in [1.165, 1.54) is 0 Å². The summed E-state index contributed by atoms with van der Waals surface area (Å²) in [6.07, 6.45) is 1.98. The molecule has 1 aromatic carbocycles. The third kappa shape index (κ3) is 1.91. The fourth-order valence-corrected chi connectivity index (χ4v) is 1.91. The molecule has 4 heteroatoms. The molecule has 1 atom stereocenters. The molecule has 0 spiro atoms. The van der Waals surface area contributed by atoms with Crippen LogP contribution in [0.1, 0.15) is 24.4 Å². The summed E-state index contributed by atoms with van der Waals surface area (Å²) in [5.41, 5.74) is 3.89. The highest BCUT2D eigenvalue weighted by Gasteiger charge is 2.21. The average molecular weight is 208 g/mol. The van der Waals surface area contributed by atoms with E-state index in [0.29, 0.717) is 6.61 Å². The number of para-hydroxylation sites is 1. The zero-order valence-electron chi connectivity index (χ0n) is 8.82. The van der Waals surface area contributed by atoms with Gasteiger partial charge in [-0.1, -0.05) is 12.1 Å². The van der Waals surface area contributed by atoms with Crippen molar-refractivity contribution in [3.05, 3.63) is 23.8 Å². The molecule has 0 amide bonds. The van der Waals surface area contributed by atoms with Crippen molar-refractivity contribution < 1.29 is 9.47 Å². The van der Waals surface area contributed by atoms with Gasteiger partial charge < -0.3 is 9.47 Å². The molecule has 0 aliphatic carbocycles. The monoisotopic (exact) mass is 208 g/mol. The Kier molecular flexibility index (Phi) is 3.08. The Morgan fingerprint density at radius 1 is 1.53 bits per heavy atom. The van der Waals surface area contributed by atoms with Gasteiger partial charge in [0.25, 0.3) is 0 Å². The first kappa shape index (κ1) is 10.3. The normalized spacial score (nSPS) is 20.0. The van der Waals surface area contributed by atoms with Crippen molar-refractivity contribution in [1.82, 2.24) is 5.43 Å². The lowest BCUT2D eigenvalue weighted by molar-refractivity contribution is 0.294. The molecule has 0 saturated carbocycles. The van der Waals surface area contributed by atoms with E-state index in [-0.39, 0.29) is 6.04 Å². The Bertz CT molecular complexity index is 341. The molecule has 3 N–H and O–H groups in total. The zero-order valence-corrected chi connectivity index (χ0v) is 8.82. The quantitative estimate of drug-likeness (QED) is 0.569. The number of hydrazine groups is 1. The number of fused-ring (bicyclic) bond motifs is 1. The van der Waals surface area contributed by atoms with Gasteiger partial charge in [0, 0.05) is 11.6 Å². The third-order valence-corrected chi connectivity index (χ3v) is 2.69. The van der Waals surface area contributed by atoms with Crippen molar-refractivity contribution in [3.8, 4) is 11.5 Å². The SMILES string of the molecule is COc1cccc2c1OCCCC2NN. The van der Waals surface area contributed by atoms with Gasteiger partial charge in [-0.2, -0.15) is 0 Å². The molecule has 1 aromatic rings. The molecule has 1 aliphatic rings. The van der Waals surface area contributed by atoms with Crippen LogP contribution >= 0.6 is 0 Å². The van der Waals surface area contributed by atoms with Crippen LogP contribution in [0.3, 0.4) is 0 Å². The number of hydrogen-bond acceptors (Lipinski definition) is 4. The second kappa shape index (κ2) is 4.51. The minimum absolute atomic E-state index is 0.151. The molecule has 0 bridgehead atoms. The molecular weight excluding hydrogens is 192 g/mol. The molecule has 15 heavy (non-hydrogen) atoms. The number of ether oxygens (including phenoxy) is 2. The van der Waals surface area contributed by atoms with Crippen molar-refractivity contribution in [3.63, 3.8) is 0 Å². The highest BCUT2D eigenvalue weighted by molar-refractivity contribution is 5.48. The van der Waals surface area contributed by atoms with Gasteiger partial charge in [0.05, 0.1) is 13.7 Å². The summed E-state index contributed by atoms with van der Waals surface area (Å²) in [5, 5.41) is 0. The lowest BCUT2D eigenvalue weighted by Gasteiger charge is -2.16. The molecule has 0 saturated heterocycles. The maximum atomic E-state index is 5.68. The summed E-state index contributed by atoms with van der Waals surface area (Å²) >= 11 is 0. The minimum atomic E-state index is 0.151. The largest absolute Gasteiger partial charge is 0.493 e. The van der Waals surface area contributed by atoms with Crippen LogP contribution in [0.15, 0.2) is 18.2 Å². The number of nitrogens with two attached hydrogens (primary N) is 1. The zero-order chi connectivity index (χ0) is 10.7. The summed E-state index contributed by atoms with van der Waals surface area (Å²) in [6.45, 7) is 0.714. The topological polar surface area (TPSA) is 56.5 Å². The molecule has 0 aromatic heterocycles. The van der Waals surface area contributed by atoms with E-state index >= 15 is 0 Å². The molecule has 0 fully saturated rings. The first-order valence-corrected chi connectivity index (χ1v) is 5.12. The fraction of sp³-hybridized carbons (Fsp3) is 0.455. The van der Waals surface area contributed by atoms with Crippen LogP contribution in [-0.4, -0.2) is 13.7 Å². The van der Waals surface area contributed by atoms with Crippen molar-refractivity contribution in [1.29, 1.82) is 0 Å². The smallest absolute Gasteiger partial charge is 0.165 e. The van der Waals surface area contributed by atoms with Gasteiger partial charge >= 0.3 is 0 Å². The van der Waals surface area contributed by atoms with E-state index in [1.54, 1.807) is 7.11 Å². The van der Waals surface area contributed by atoms with Crippen molar-refractivity contribution in [2.45, 2.75) is 18.9 Å². The van der Waals surface area contributed by atoms with Crippen LogP contribution in [-0.2, 0) is 0 Å². The molecular formula is C11H16N2O2. The van der Waals surface area contributed by atoms with Crippen molar-refractivity contribution >= 4 is 0 Å². The van der Waals surface area contributed by atoms with E-state index in [2.05, 4.69) is 5.43 Å². The van der Waals surface area contributed by atoms with Crippen LogP contribution in [0, 0.1) is 0 Å². The Morgan fingerprint density at radius 2 is 2.40 bits per heavy atom. The summed E-state index contributed by atoms with van der Waals surface area (Å²) < 4.78 is 10.9. The summed E-state index contributed by atoms with van der Waals surface area (Å²) in [4.78, 5) is 0. The van der Waals surface area contributed by atoms with Gasteiger partial charge in [0.2, 0.25) is 0 Å². The number of hydrogen-bond donors (Lipinski definition) is 2. The number of nitrogens with one attached hydrogen (secondary N) is 1. The van der Waals surface area contributed by atoms with Crippen LogP contribution in [0.25, 0.3) is 0 Å².